The van der Waals surface area contributed by atoms with Crippen LogP contribution in [0.1, 0.15) is 43.9 Å². The minimum Gasteiger partial charge on any atom is -0.496 e. The van der Waals surface area contributed by atoms with Crippen molar-refractivity contribution in [3.8, 4) is 22.6 Å². The summed E-state index contributed by atoms with van der Waals surface area (Å²) < 4.78 is 13.1. The third kappa shape index (κ3) is 4.41. The van der Waals surface area contributed by atoms with Gasteiger partial charge in [-0.3, -0.25) is 9.69 Å². The molecule has 0 fully saturated rings. The fourth-order valence-corrected chi connectivity index (χ4v) is 3.57. The van der Waals surface area contributed by atoms with E-state index in [0.717, 1.165) is 58.8 Å². The molecule has 0 aliphatic carbocycles. The van der Waals surface area contributed by atoms with Gasteiger partial charge in [-0.15, -0.1) is 0 Å². The van der Waals surface area contributed by atoms with Gasteiger partial charge in [-0.05, 0) is 63.9 Å². The van der Waals surface area contributed by atoms with Gasteiger partial charge < -0.3 is 14.0 Å². The lowest BCUT2D eigenvalue weighted by Gasteiger charge is -2.28. The van der Waals surface area contributed by atoms with Crippen LogP contribution in [-0.4, -0.2) is 36.3 Å². The normalized spacial score (nSPS) is 11.4. The van der Waals surface area contributed by atoms with E-state index in [1.807, 2.05) is 20.0 Å². The van der Waals surface area contributed by atoms with Gasteiger partial charge in [-0.1, -0.05) is 6.92 Å². The van der Waals surface area contributed by atoms with Crippen LogP contribution in [-0.2, 0) is 13.6 Å². The van der Waals surface area contributed by atoms with Gasteiger partial charge in [0.1, 0.15) is 11.5 Å². The SMILES string of the molecule is CCCN(Cc1c(OC)cc(-c2cn(C)c(=O)c(C)c2C)cc1OC)C(C)C. The van der Waals surface area contributed by atoms with Crippen molar-refractivity contribution in [1.29, 1.82) is 0 Å². The van der Waals surface area contributed by atoms with Gasteiger partial charge in [0, 0.05) is 37.0 Å². The standard InChI is InChI=1S/C23H34N2O3/c1-9-10-25(15(2)3)14-20-21(27-7)11-18(12-22(20)28-8)19-13-24(6)23(26)17(5)16(19)4/h11-13,15H,9-10,14H2,1-8H3. The molecule has 0 radical (unpaired) electrons. The van der Waals surface area contributed by atoms with E-state index < -0.39 is 0 Å². The van der Waals surface area contributed by atoms with Crippen molar-refractivity contribution in [2.75, 3.05) is 20.8 Å². The van der Waals surface area contributed by atoms with Crippen molar-refractivity contribution >= 4 is 0 Å². The first kappa shape index (κ1) is 22.0. The molecule has 28 heavy (non-hydrogen) atoms. The van der Waals surface area contributed by atoms with Gasteiger partial charge in [-0.25, -0.2) is 0 Å². The predicted octanol–water partition coefficient (Wildman–Crippen LogP) is 4.31. The number of aromatic nitrogens is 1. The number of ether oxygens (including phenoxy) is 2. The maximum atomic E-state index is 12.2. The summed E-state index contributed by atoms with van der Waals surface area (Å²) >= 11 is 0. The molecule has 0 unspecified atom stereocenters. The lowest BCUT2D eigenvalue weighted by molar-refractivity contribution is 0.207. The summed E-state index contributed by atoms with van der Waals surface area (Å²) in [5, 5.41) is 0. The highest BCUT2D eigenvalue weighted by molar-refractivity contribution is 5.72. The molecule has 2 rings (SSSR count). The first-order chi connectivity index (χ1) is 13.2. The summed E-state index contributed by atoms with van der Waals surface area (Å²) in [5.74, 6) is 1.61. The number of rotatable bonds is 8. The van der Waals surface area contributed by atoms with Gasteiger partial charge in [-0.2, -0.15) is 0 Å². The van der Waals surface area contributed by atoms with Crippen LogP contribution in [0, 0.1) is 13.8 Å². The van der Waals surface area contributed by atoms with Gasteiger partial charge >= 0.3 is 0 Å². The molecule has 154 valence electrons. The molecule has 0 saturated carbocycles. The Bertz CT molecular complexity index is 859. The van der Waals surface area contributed by atoms with Crippen LogP contribution in [0.5, 0.6) is 11.5 Å². The number of hydrogen-bond acceptors (Lipinski definition) is 4. The number of nitrogens with zero attached hydrogens (tertiary/aromatic N) is 2. The lowest BCUT2D eigenvalue weighted by atomic mass is 9.97. The molecule has 0 aliphatic heterocycles. The highest BCUT2D eigenvalue weighted by Crippen LogP contribution is 2.37. The minimum absolute atomic E-state index is 0.0314. The molecule has 2 aromatic rings. The Labute approximate surface area is 168 Å². The van der Waals surface area contributed by atoms with Gasteiger partial charge in [0.05, 0.1) is 19.8 Å². The van der Waals surface area contributed by atoms with E-state index in [1.54, 1.807) is 25.8 Å². The molecule has 5 nitrogen and oxygen atoms in total. The van der Waals surface area contributed by atoms with Crippen molar-refractivity contribution in [3.05, 3.63) is 45.4 Å². The number of hydrogen-bond donors (Lipinski definition) is 0. The van der Waals surface area contributed by atoms with Crippen LogP contribution in [0.3, 0.4) is 0 Å². The predicted molar refractivity (Wildman–Crippen MR) is 116 cm³/mol. The Morgan fingerprint density at radius 1 is 1.07 bits per heavy atom. The molecule has 1 aromatic heterocycles. The smallest absolute Gasteiger partial charge is 0.253 e. The fraction of sp³-hybridized carbons (Fsp3) is 0.522. The van der Waals surface area contributed by atoms with Crippen LogP contribution >= 0.6 is 0 Å². The molecule has 0 aliphatic rings. The molecular weight excluding hydrogens is 352 g/mol. The second-order valence-electron chi connectivity index (χ2n) is 7.63. The maximum absolute atomic E-state index is 12.2. The van der Waals surface area contributed by atoms with E-state index in [-0.39, 0.29) is 5.56 Å². The van der Waals surface area contributed by atoms with Crippen LogP contribution in [0.2, 0.25) is 0 Å². The molecule has 1 heterocycles. The van der Waals surface area contributed by atoms with E-state index in [0.29, 0.717) is 6.04 Å². The van der Waals surface area contributed by atoms with E-state index in [4.69, 9.17) is 9.47 Å². The zero-order valence-corrected chi connectivity index (χ0v) is 18.5. The highest BCUT2D eigenvalue weighted by atomic mass is 16.5. The van der Waals surface area contributed by atoms with Crippen molar-refractivity contribution in [2.24, 2.45) is 7.05 Å². The summed E-state index contributed by atoms with van der Waals surface area (Å²) in [4.78, 5) is 14.6. The van der Waals surface area contributed by atoms with Gasteiger partial charge in [0.2, 0.25) is 0 Å². The summed E-state index contributed by atoms with van der Waals surface area (Å²) in [6.45, 7) is 12.3. The molecule has 0 saturated heterocycles. The molecule has 5 heteroatoms. The first-order valence-electron chi connectivity index (χ1n) is 9.91. The average molecular weight is 387 g/mol. The largest absolute Gasteiger partial charge is 0.496 e. The molecule has 0 N–H and O–H groups in total. The highest BCUT2D eigenvalue weighted by Gasteiger charge is 2.19. The Hall–Kier alpha value is -2.27. The zero-order valence-electron chi connectivity index (χ0n) is 18.5. The Balaban J connectivity index is 2.62. The Morgan fingerprint density at radius 2 is 1.64 bits per heavy atom. The second kappa shape index (κ2) is 9.28. The van der Waals surface area contributed by atoms with Crippen molar-refractivity contribution in [3.63, 3.8) is 0 Å². The van der Waals surface area contributed by atoms with Gasteiger partial charge in [0.15, 0.2) is 0 Å². The van der Waals surface area contributed by atoms with Crippen LogP contribution < -0.4 is 15.0 Å². The van der Waals surface area contributed by atoms with Crippen LogP contribution in [0.4, 0.5) is 0 Å². The van der Waals surface area contributed by atoms with Gasteiger partial charge in [0.25, 0.3) is 5.56 Å². The monoisotopic (exact) mass is 386 g/mol. The molecule has 0 amide bonds. The first-order valence-corrected chi connectivity index (χ1v) is 9.91. The molecule has 1 aromatic carbocycles. The zero-order chi connectivity index (χ0) is 21.0. The Kier molecular flexibility index (Phi) is 7.30. The quantitative estimate of drug-likeness (QED) is 0.678. The summed E-state index contributed by atoms with van der Waals surface area (Å²) in [6, 6.07) is 4.53. The summed E-state index contributed by atoms with van der Waals surface area (Å²) in [5.41, 5.74) is 4.82. The average Bonchev–Trinajstić information content (AvgIpc) is 2.68. The summed E-state index contributed by atoms with van der Waals surface area (Å²) in [7, 11) is 5.17. The van der Waals surface area contributed by atoms with E-state index in [2.05, 4.69) is 37.8 Å². The third-order valence-corrected chi connectivity index (χ3v) is 5.45. The number of methoxy groups -OCH3 is 2. The Morgan fingerprint density at radius 3 is 2.11 bits per heavy atom. The topological polar surface area (TPSA) is 43.7 Å². The van der Waals surface area contributed by atoms with Crippen molar-refractivity contribution in [2.45, 2.75) is 53.6 Å². The summed E-state index contributed by atoms with van der Waals surface area (Å²) in [6.07, 6.45) is 2.98. The van der Waals surface area contributed by atoms with Crippen molar-refractivity contribution in [1.82, 2.24) is 9.47 Å². The second-order valence-corrected chi connectivity index (χ2v) is 7.63. The molecule has 0 atom stereocenters. The number of pyridine rings is 1. The van der Waals surface area contributed by atoms with Crippen molar-refractivity contribution < 1.29 is 9.47 Å². The van der Waals surface area contributed by atoms with Crippen LogP contribution in [0.15, 0.2) is 23.1 Å². The molecular formula is C23H34N2O3. The molecule has 0 bridgehead atoms. The number of aryl methyl sites for hydroxylation is 1. The lowest BCUT2D eigenvalue weighted by Crippen LogP contribution is -2.31. The maximum Gasteiger partial charge on any atom is 0.253 e. The van der Waals surface area contributed by atoms with Crippen LogP contribution in [0.25, 0.3) is 11.1 Å². The van der Waals surface area contributed by atoms with E-state index >= 15 is 0 Å². The number of benzene rings is 1. The van der Waals surface area contributed by atoms with E-state index in [9.17, 15) is 4.79 Å². The molecule has 0 spiro atoms. The fourth-order valence-electron chi connectivity index (χ4n) is 3.57. The minimum atomic E-state index is 0.0314. The van der Waals surface area contributed by atoms with E-state index in [1.165, 1.54) is 0 Å². The third-order valence-electron chi connectivity index (χ3n) is 5.45.